The van der Waals surface area contributed by atoms with Gasteiger partial charge in [0.1, 0.15) is 11.8 Å². The molecule has 0 atom stereocenters. The van der Waals surface area contributed by atoms with Crippen molar-refractivity contribution in [3.8, 4) is 0 Å². The van der Waals surface area contributed by atoms with Crippen LogP contribution in [-0.4, -0.2) is 25.4 Å². The number of rotatable bonds is 5. The van der Waals surface area contributed by atoms with Gasteiger partial charge >= 0.3 is 0 Å². The van der Waals surface area contributed by atoms with Crippen LogP contribution in [0.25, 0.3) is 11.2 Å². The standard InChI is InChI=1S/C10H12Cl2N4/c11-4-2-1-3-5-16-7-15-8-9(12)13-6-14-10(8)16/h6-7H,1-5H2. The van der Waals surface area contributed by atoms with Gasteiger partial charge in [0.25, 0.3) is 0 Å². The smallest absolute Gasteiger partial charge is 0.164 e. The Balaban J connectivity index is 2.10. The van der Waals surface area contributed by atoms with Crippen molar-refractivity contribution in [2.45, 2.75) is 25.8 Å². The van der Waals surface area contributed by atoms with Gasteiger partial charge in [-0.05, 0) is 12.8 Å². The lowest BCUT2D eigenvalue weighted by molar-refractivity contribution is 0.611. The van der Waals surface area contributed by atoms with Gasteiger partial charge in [0.15, 0.2) is 10.8 Å². The Morgan fingerprint density at radius 1 is 1.12 bits per heavy atom. The van der Waals surface area contributed by atoms with E-state index in [-0.39, 0.29) is 0 Å². The van der Waals surface area contributed by atoms with Gasteiger partial charge in [0.05, 0.1) is 6.33 Å². The third-order valence-electron chi connectivity index (χ3n) is 2.39. The third-order valence-corrected chi connectivity index (χ3v) is 2.93. The zero-order valence-electron chi connectivity index (χ0n) is 8.74. The van der Waals surface area contributed by atoms with Gasteiger partial charge in [0, 0.05) is 12.4 Å². The molecule has 0 saturated carbocycles. The summed E-state index contributed by atoms with van der Waals surface area (Å²) in [7, 11) is 0. The number of halogens is 2. The van der Waals surface area contributed by atoms with Crippen LogP contribution in [-0.2, 0) is 6.54 Å². The van der Waals surface area contributed by atoms with Gasteiger partial charge in [-0.15, -0.1) is 11.6 Å². The zero-order chi connectivity index (χ0) is 11.4. The van der Waals surface area contributed by atoms with Crippen LogP contribution in [0.2, 0.25) is 5.15 Å². The fourth-order valence-corrected chi connectivity index (χ4v) is 1.94. The van der Waals surface area contributed by atoms with E-state index in [0.717, 1.165) is 37.3 Å². The number of aromatic nitrogens is 4. The van der Waals surface area contributed by atoms with E-state index in [1.54, 1.807) is 6.33 Å². The van der Waals surface area contributed by atoms with Gasteiger partial charge in [-0.2, -0.15) is 0 Å². The highest BCUT2D eigenvalue weighted by Gasteiger charge is 2.07. The quantitative estimate of drug-likeness (QED) is 0.471. The van der Waals surface area contributed by atoms with Crippen LogP contribution in [0, 0.1) is 0 Å². The Hall–Kier alpha value is -0.870. The predicted molar refractivity (Wildman–Crippen MR) is 64.9 cm³/mol. The van der Waals surface area contributed by atoms with E-state index in [2.05, 4.69) is 15.0 Å². The van der Waals surface area contributed by atoms with Crippen LogP contribution >= 0.6 is 23.2 Å². The molecule has 6 heteroatoms. The summed E-state index contributed by atoms with van der Waals surface area (Å²) < 4.78 is 2.00. The van der Waals surface area contributed by atoms with Crippen molar-refractivity contribution in [3.05, 3.63) is 17.8 Å². The minimum absolute atomic E-state index is 0.407. The minimum atomic E-state index is 0.407. The molecule has 0 aromatic carbocycles. The van der Waals surface area contributed by atoms with Crippen molar-refractivity contribution in [2.24, 2.45) is 0 Å². The molecule has 0 fully saturated rings. The molecule has 0 saturated heterocycles. The molecule has 0 unspecified atom stereocenters. The number of fused-ring (bicyclic) bond motifs is 1. The van der Waals surface area contributed by atoms with Crippen molar-refractivity contribution in [2.75, 3.05) is 5.88 Å². The summed E-state index contributed by atoms with van der Waals surface area (Å²) in [6.45, 7) is 0.890. The molecule has 0 spiro atoms. The molecule has 2 aromatic rings. The van der Waals surface area contributed by atoms with E-state index < -0.39 is 0 Å². The fourth-order valence-electron chi connectivity index (χ4n) is 1.57. The number of hydrogen-bond acceptors (Lipinski definition) is 3. The lowest BCUT2D eigenvalue weighted by Gasteiger charge is -2.02. The predicted octanol–water partition coefficient (Wildman–Crippen LogP) is 2.89. The molecule has 16 heavy (non-hydrogen) atoms. The summed E-state index contributed by atoms with van der Waals surface area (Å²) in [5.41, 5.74) is 1.47. The molecule has 0 aliphatic carbocycles. The van der Waals surface area contributed by atoms with Crippen molar-refractivity contribution >= 4 is 34.4 Å². The molecule has 2 heterocycles. The number of hydrogen-bond donors (Lipinski definition) is 0. The van der Waals surface area contributed by atoms with E-state index in [1.165, 1.54) is 6.33 Å². The van der Waals surface area contributed by atoms with Crippen molar-refractivity contribution in [3.63, 3.8) is 0 Å². The molecule has 2 rings (SSSR count). The van der Waals surface area contributed by atoms with Gasteiger partial charge in [0.2, 0.25) is 0 Å². The largest absolute Gasteiger partial charge is 0.315 e. The lowest BCUT2D eigenvalue weighted by Crippen LogP contribution is -1.98. The summed E-state index contributed by atoms with van der Waals surface area (Å²) in [6.07, 6.45) is 6.44. The first-order valence-corrected chi connectivity index (χ1v) is 6.11. The maximum Gasteiger partial charge on any atom is 0.164 e. The number of imidazole rings is 1. The maximum atomic E-state index is 5.91. The summed E-state index contributed by atoms with van der Waals surface area (Å²) in [5.74, 6) is 0.721. The Labute approximate surface area is 104 Å². The summed E-state index contributed by atoms with van der Waals surface area (Å²) >= 11 is 11.5. The Morgan fingerprint density at radius 2 is 2.00 bits per heavy atom. The highest BCUT2D eigenvalue weighted by atomic mass is 35.5. The van der Waals surface area contributed by atoms with Crippen LogP contribution < -0.4 is 0 Å². The minimum Gasteiger partial charge on any atom is -0.315 e. The summed E-state index contributed by atoms with van der Waals surface area (Å²) in [5, 5.41) is 0.407. The van der Waals surface area contributed by atoms with Crippen molar-refractivity contribution in [1.82, 2.24) is 19.5 Å². The van der Waals surface area contributed by atoms with E-state index in [1.807, 2.05) is 4.57 Å². The topological polar surface area (TPSA) is 43.6 Å². The van der Waals surface area contributed by atoms with Gasteiger partial charge < -0.3 is 4.57 Å². The molecule has 0 N–H and O–H groups in total. The second kappa shape index (κ2) is 5.46. The van der Waals surface area contributed by atoms with E-state index in [9.17, 15) is 0 Å². The first kappa shape index (κ1) is 11.6. The molecule has 2 aromatic heterocycles. The molecule has 0 aliphatic rings. The van der Waals surface area contributed by atoms with Gasteiger partial charge in [-0.3, -0.25) is 0 Å². The average molecular weight is 259 g/mol. The summed E-state index contributed by atoms with van der Waals surface area (Å²) in [6, 6.07) is 0. The average Bonchev–Trinajstić information content (AvgIpc) is 2.70. The molecular formula is C10H12Cl2N4. The third kappa shape index (κ3) is 2.44. The zero-order valence-corrected chi connectivity index (χ0v) is 10.2. The highest BCUT2D eigenvalue weighted by molar-refractivity contribution is 6.33. The van der Waals surface area contributed by atoms with E-state index in [4.69, 9.17) is 23.2 Å². The normalized spacial score (nSPS) is 11.1. The van der Waals surface area contributed by atoms with E-state index in [0.29, 0.717) is 10.7 Å². The molecular weight excluding hydrogens is 247 g/mol. The fraction of sp³-hybridized carbons (Fsp3) is 0.500. The molecule has 0 bridgehead atoms. The van der Waals surface area contributed by atoms with Crippen LogP contribution in [0.4, 0.5) is 0 Å². The van der Waals surface area contributed by atoms with Crippen LogP contribution in [0.3, 0.4) is 0 Å². The molecule has 86 valence electrons. The number of unbranched alkanes of at least 4 members (excludes halogenated alkanes) is 2. The first-order chi connectivity index (χ1) is 7.83. The Morgan fingerprint density at radius 3 is 2.81 bits per heavy atom. The first-order valence-electron chi connectivity index (χ1n) is 5.20. The maximum absolute atomic E-state index is 5.91. The van der Waals surface area contributed by atoms with Crippen LogP contribution in [0.5, 0.6) is 0 Å². The van der Waals surface area contributed by atoms with Gasteiger partial charge in [-0.1, -0.05) is 18.0 Å². The Bertz CT molecular complexity index is 469. The monoisotopic (exact) mass is 258 g/mol. The lowest BCUT2D eigenvalue weighted by atomic mass is 10.2. The Kier molecular flexibility index (Phi) is 3.96. The number of alkyl halides is 1. The molecule has 0 amide bonds. The second-order valence-electron chi connectivity index (χ2n) is 3.52. The SMILES string of the molecule is ClCCCCCn1cnc2c(Cl)ncnc21. The van der Waals surface area contributed by atoms with Crippen LogP contribution in [0.1, 0.15) is 19.3 Å². The van der Waals surface area contributed by atoms with Gasteiger partial charge in [-0.25, -0.2) is 15.0 Å². The molecule has 0 radical (unpaired) electrons. The molecule has 4 nitrogen and oxygen atoms in total. The van der Waals surface area contributed by atoms with Crippen molar-refractivity contribution < 1.29 is 0 Å². The highest BCUT2D eigenvalue weighted by Crippen LogP contribution is 2.17. The number of aryl methyl sites for hydroxylation is 1. The molecule has 0 aliphatic heterocycles. The second-order valence-corrected chi connectivity index (χ2v) is 4.26. The number of nitrogens with zero attached hydrogens (tertiary/aromatic N) is 4. The van der Waals surface area contributed by atoms with E-state index >= 15 is 0 Å². The van der Waals surface area contributed by atoms with Crippen LogP contribution in [0.15, 0.2) is 12.7 Å². The van der Waals surface area contributed by atoms with Crippen molar-refractivity contribution in [1.29, 1.82) is 0 Å². The summed E-state index contributed by atoms with van der Waals surface area (Å²) in [4.78, 5) is 12.3.